The molecule has 21 heavy (non-hydrogen) atoms. The lowest BCUT2D eigenvalue weighted by Crippen LogP contribution is -2.25. The standard InChI is InChI=1S/C16H15Cl2NO2/c17-13-6-7-15(18)12(10-13)11-19(9-8-16(20)21)14-4-2-1-3-5-14/h1-7,10H,8-9,11H2,(H,20,21). The van der Waals surface area contributed by atoms with E-state index in [2.05, 4.69) is 0 Å². The first kappa shape index (κ1) is 15.7. The molecule has 0 aliphatic rings. The number of aliphatic carboxylic acids is 1. The molecule has 2 aromatic rings. The number of para-hydroxylation sites is 1. The van der Waals surface area contributed by atoms with Crippen molar-refractivity contribution in [1.29, 1.82) is 0 Å². The van der Waals surface area contributed by atoms with Gasteiger partial charge in [0.25, 0.3) is 0 Å². The average Bonchev–Trinajstić information content (AvgIpc) is 2.47. The highest BCUT2D eigenvalue weighted by Gasteiger charge is 2.11. The number of anilines is 1. The number of carboxylic acids is 1. The number of benzene rings is 2. The molecule has 0 heterocycles. The summed E-state index contributed by atoms with van der Waals surface area (Å²) in [6.07, 6.45) is 0.0626. The maximum Gasteiger partial charge on any atom is 0.305 e. The Morgan fingerprint density at radius 3 is 2.48 bits per heavy atom. The van der Waals surface area contributed by atoms with Crippen LogP contribution in [0.2, 0.25) is 10.0 Å². The third kappa shape index (κ3) is 4.66. The normalized spacial score (nSPS) is 10.4. The van der Waals surface area contributed by atoms with Gasteiger partial charge in [-0.2, -0.15) is 0 Å². The predicted molar refractivity (Wildman–Crippen MR) is 86.2 cm³/mol. The number of rotatable bonds is 6. The van der Waals surface area contributed by atoms with Gasteiger partial charge in [-0.05, 0) is 35.9 Å². The number of halogens is 2. The first-order valence-corrected chi connectivity index (χ1v) is 7.27. The highest BCUT2D eigenvalue weighted by atomic mass is 35.5. The van der Waals surface area contributed by atoms with E-state index < -0.39 is 5.97 Å². The van der Waals surface area contributed by atoms with Gasteiger partial charge in [-0.1, -0.05) is 41.4 Å². The Morgan fingerprint density at radius 1 is 1.10 bits per heavy atom. The van der Waals surface area contributed by atoms with Gasteiger partial charge >= 0.3 is 5.97 Å². The molecule has 0 atom stereocenters. The van der Waals surface area contributed by atoms with E-state index in [1.54, 1.807) is 18.2 Å². The van der Waals surface area contributed by atoms with Gasteiger partial charge in [0.05, 0.1) is 6.42 Å². The first-order valence-electron chi connectivity index (χ1n) is 6.52. The average molecular weight is 324 g/mol. The Balaban J connectivity index is 2.23. The van der Waals surface area contributed by atoms with Crippen molar-refractivity contribution in [1.82, 2.24) is 0 Å². The zero-order valence-electron chi connectivity index (χ0n) is 11.3. The summed E-state index contributed by atoms with van der Waals surface area (Å²) >= 11 is 12.2. The van der Waals surface area contributed by atoms with Crippen LogP contribution in [0.1, 0.15) is 12.0 Å². The Bertz CT molecular complexity index is 617. The maximum absolute atomic E-state index is 10.8. The second-order valence-corrected chi connectivity index (χ2v) is 5.48. The van der Waals surface area contributed by atoms with Crippen LogP contribution in [0.3, 0.4) is 0 Å². The highest BCUT2D eigenvalue weighted by Crippen LogP contribution is 2.24. The molecule has 0 amide bonds. The molecule has 3 nitrogen and oxygen atoms in total. The Labute approximate surface area is 133 Å². The van der Waals surface area contributed by atoms with Crippen LogP contribution in [0.5, 0.6) is 0 Å². The molecular formula is C16H15Cl2NO2. The van der Waals surface area contributed by atoms with Crippen molar-refractivity contribution in [3.8, 4) is 0 Å². The van der Waals surface area contributed by atoms with Crippen LogP contribution in [0.15, 0.2) is 48.5 Å². The minimum absolute atomic E-state index is 0.0626. The fraction of sp³-hybridized carbons (Fsp3) is 0.188. The van der Waals surface area contributed by atoms with E-state index in [1.165, 1.54) is 0 Å². The third-order valence-electron chi connectivity index (χ3n) is 3.09. The van der Waals surface area contributed by atoms with E-state index in [4.69, 9.17) is 28.3 Å². The molecule has 0 saturated carbocycles. The van der Waals surface area contributed by atoms with Crippen LogP contribution in [0, 0.1) is 0 Å². The summed E-state index contributed by atoms with van der Waals surface area (Å²) in [6.45, 7) is 0.916. The van der Waals surface area contributed by atoms with Crippen molar-refractivity contribution < 1.29 is 9.90 Å². The Morgan fingerprint density at radius 2 is 1.81 bits per heavy atom. The van der Waals surface area contributed by atoms with Crippen LogP contribution < -0.4 is 4.90 Å². The Kier molecular flexibility index (Phi) is 5.48. The van der Waals surface area contributed by atoms with E-state index in [1.807, 2.05) is 35.2 Å². The van der Waals surface area contributed by atoms with Gasteiger partial charge in [0.15, 0.2) is 0 Å². The quantitative estimate of drug-likeness (QED) is 0.852. The van der Waals surface area contributed by atoms with E-state index in [-0.39, 0.29) is 6.42 Å². The third-order valence-corrected chi connectivity index (χ3v) is 3.69. The molecule has 1 N–H and O–H groups in total. The van der Waals surface area contributed by atoms with Gasteiger partial charge in [0.1, 0.15) is 0 Å². The number of nitrogens with zero attached hydrogens (tertiary/aromatic N) is 1. The molecule has 0 fully saturated rings. The second kappa shape index (κ2) is 7.34. The van der Waals surface area contributed by atoms with Crippen molar-refractivity contribution in [3.05, 3.63) is 64.1 Å². The largest absolute Gasteiger partial charge is 0.481 e. The second-order valence-electron chi connectivity index (χ2n) is 4.64. The number of carboxylic acid groups (broad SMARTS) is 1. The van der Waals surface area contributed by atoms with Crippen molar-refractivity contribution in [2.75, 3.05) is 11.4 Å². The molecule has 0 spiro atoms. The van der Waals surface area contributed by atoms with Crippen molar-refractivity contribution in [2.24, 2.45) is 0 Å². The maximum atomic E-state index is 10.8. The minimum Gasteiger partial charge on any atom is -0.481 e. The molecule has 0 aliphatic heterocycles. The van der Waals surface area contributed by atoms with Crippen LogP contribution >= 0.6 is 23.2 Å². The molecule has 5 heteroatoms. The number of hydrogen-bond donors (Lipinski definition) is 1. The fourth-order valence-corrected chi connectivity index (χ4v) is 2.41. The first-order chi connectivity index (χ1) is 10.1. The molecule has 0 radical (unpaired) electrons. The van der Waals surface area contributed by atoms with Gasteiger partial charge in [0.2, 0.25) is 0 Å². The van der Waals surface area contributed by atoms with Crippen molar-refractivity contribution in [2.45, 2.75) is 13.0 Å². The summed E-state index contributed by atoms with van der Waals surface area (Å²) in [4.78, 5) is 12.8. The molecule has 2 aromatic carbocycles. The number of hydrogen-bond acceptors (Lipinski definition) is 2. The molecule has 0 saturated heterocycles. The lowest BCUT2D eigenvalue weighted by molar-refractivity contribution is -0.136. The zero-order chi connectivity index (χ0) is 15.2. The molecule has 0 bridgehead atoms. The molecule has 2 rings (SSSR count). The smallest absolute Gasteiger partial charge is 0.305 e. The SMILES string of the molecule is O=C(O)CCN(Cc1cc(Cl)ccc1Cl)c1ccccc1. The van der Waals surface area contributed by atoms with Gasteiger partial charge in [-0.25, -0.2) is 0 Å². The lowest BCUT2D eigenvalue weighted by atomic mass is 10.2. The molecule has 110 valence electrons. The molecule has 0 unspecified atom stereocenters. The summed E-state index contributed by atoms with van der Waals surface area (Å²) in [5.74, 6) is -0.826. The topological polar surface area (TPSA) is 40.5 Å². The summed E-state index contributed by atoms with van der Waals surface area (Å²) in [5.41, 5.74) is 1.83. The van der Waals surface area contributed by atoms with Crippen LogP contribution in [0.25, 0.3) is 0 Å². The highest BCUT2D eigenvalue weighted by molar-refractivity contribution is 6.33. The molecule has 0 aromatic heterocycles. The van der Waals surface area contributed by atoms with Gasteiger partial charge in [-0.3, -0.25) is 4.79 Å². The van der Waals surface area contributed by atoms with Gasteiger partial charge in [-0.15, -0.1) is 0 Å². The van der Waals surface area contributed by atoms with Crippen LogP contribution in [-0.2, 0) is 11.3 Å². The van der Waals surface area contributed by atoms with Crippen molar-refractivity contribution >= 4 is 34.9 Å². The molecule has 0 aliphatic carbocycles. The summed E-state index contributed by atoms with van der Waals surface area (Å²) in [6, 6.07) is 14.9. The zero-order valence-corrected chi connectivity index (χ0v) is 12.8. The van der Waals surface area contributed by atoms with Gasteiger partial charge < -0.3 is 10.0 Å². The summed E-state index contributed by atoms with van der Waals surface area (Å²) < 4.78 is 0. The predicted octanol–water partition coefficient (Wildman–Crippen LogP) is 4.47. The van der Waals surface area contributed by atoms with Crippen molar-refractivity contribution in [3.63, 3.8) is 0 Å². The van der Waals surface area contributed by atoms with Crippen LogP contribution in [0.4, 0.5) is 5.69 Å². The van der Waals surface area contributed by atoms with E-state index >= 15 is 0 Å². The van der Waals surface area contributed by atoms with E-state index in [9.17, 15) is 4.79 Å². The number of carbonyl (C=O) groups is 1. The van der Waals surface area contributed by atoms with Gasteiger partial charge in [0, 0.05) is 28.8 Å². The van der Waals surface area contributed by atoms with Crippen LogP contribution in [-0.4, -0.2) is 17.6 Å². The minimum atomic E-state index is -0.826. The van der Waals surface area contributed by atoms with E-state index in [0.717, 1.165) is 11.3 Å². The molecular weight excluding hydrogens is 309 g/mol. The Hall–Kier alpha value is -1.71. The summed E-state index contributed by atoms with van der Waals surface area (Å²) in [5, 5.41) is 10.1. The summed E-state index contributed by atoms with van der Waals surface area (Å²) in [7, 11) is 0. The monoisotopic (exact) mass is 323 g/mol. The van der Waals surface area contributed by atoms with E-state index in [0.29, 0.717) is 23.1 Å². The fourth-order valence-electron chi connectivity index (χ4n) is 2.04. The lowest BCUT2D eigenvalue weighted by Gasteiger charge is -2.25.